The van der Waals surface area contributed by atoms with Crippen LogP contribution in [0.15, 0.2) is 93.2 Å². The number of oxazole rings is 1. The Labute approximate surface area is 182 Å². The minimum Gasteiger partial charge on any atom is -0.419 e. The maximum atomic E-state index is 13.4. The van der Waals surface area contributed by atoms with Gasteiger partial charge in [-0.05, 0) is 48.2 Å². The third-order valence-electron chi connectivity index (χ3n) is 5.16. The van der Waals surface area contributed by atoms with Crippen LogP contribution in [-0.2, 0) is 22.8 Å². The molecule has 6 heteroatoms. The predicted octanol–water partition coefficient (Wildman–Crippen LogP) is 5.66. The van der Waals surface area contributed by atoms with E-state index < -0.39 is 9.84 Å². The molecule has 0 bridgehead atoms. The van der Waals surface area contributed by atoms with Gasteiger partial charge in [0.15, 0.2) is 0 Å². The van der Waals surface area contributed by atoms with E-state index in [9.17, 15) is 8.42 Å². The van der Waals surface area contributed by atoms with E-state index in [1.54, 1.807) is 12.1 Å². The van der Waals surface area contributed by atoms with Crippen LogP contribution in [0.2, 0.25) is 0 Å². The molecule has 0 atom stereocenters. The van der Waals surface area contributed by atoms with Crippen LogP contribution in [0, 0.1) is 6.92 Å². The Morgan fingerprint density at radius 1 is 0.871 bits per heavy atom. The van der Waals surface area contributed by atoms with Crippen molar-refractivity contribution in [3.05, 3.63) is 95.6 Å². The standard InChI is InChI=1S/C25H24N2O3S/c1-3-19-13-15-21(16-14-19)31(28,29)25-24(26-17-20-10-5-4-6-11-20)30-23(27-25)22-12-8-7-9-18(22)2/h4-16,26H,3,17H2,1-2H3. The van der Waals surface area contributed by atoms with E-state index in [0.717, 1.165) is 28.7 Å². The van der Waals surface area contributed by atoms with Crippen LogP contribution in [0.3, 0.4) is 0 Å². The number of anilines is 1. The van der Waals surface area contributed by atoms with Gasteiger partial charge in [-0.25, -0.2) is 8.42 Å². The van der Waals surface area contributed by atoms with Gasteiger partial charge < -0.3 is 9.73 Å². The second-order valence-electron chi connectivity index (χ2n) is 7.31. The summed E-state index contributed by atoms with van der Waals surface area (Å²) in [6.07, 6.45) is 0.839. The molecule has 0 aliphatic rings. The van der Waals surface area contributed by atoms with Gasteiger partial charge in [-0.15, -0.1) is 0 Å². The number of aryl methyl sites for hydroxylation is 2. The highest BCUT2D eigenvalue weighted by molar-refractivity contribution is 7.91. The zero-order valence-corrected chi connectivity index (χ0v) is 18.3. The second kappa shape index (κ2) is 8.78. The molecule has 0 fully saturated rings. The van der Waals surface area contributed by atoms with E-state index >= 15 is 0 Å². The second-order valence-corrected chi connectivity index (χ2v) is 9.17. The van der Waals surface area contributed by atoms with E-state index in [-0.39, 0.29) is 21.7 Å². The van der Waals surface area contributed by atoms with Gasteiger partial charge in [0.1, 0.15) is 0 Å². The number of rotatable bonds is 7. The van der Waals surface area contributed by atoms with E-state index in [2.05, 4.69) is 10.3 Å². The lowest BCUT2D eigenvalue weighted by Gasteiger charge is -2.07. The third-order valence-corrected chi connectivity index (χ3v) is 6.84. The van der Waals surface area contributed by atoms with E-state index in [1.165, 1.54) is 0 Å². The Morgan fingerprint density at radius 2 is 1.55 bits per heavy atom. The first-order valence-electron chi connectivity index (χ1n) is 10.2. The SMILES string of the molecule is CCc1ccc(S(=O)(=O)c2nc(-c3ccccc3C)oc2NCc2ccccc2)cc1. The van der Waals surface area contributed by atoms with Crippen molar-refractivity contribution in [1.82, 2.24) is 4.98 Å². The van der Waals surface area contributed by atoms with E-state index in [4.69, 9.17) is 4.42 Å². The molecule has 1 aromatic heterocycles. The first kappa shape index (κ1) is 20.9. The number of hydrogen-bond acceptors (Lipinski definition) is 5. The summed E-state index contributed by atoms with van der Waals surface area (Å²) in [5.41, 5.74) is 3.79. The van der Waals surface area contributed by atoms with Crippen LogP contribution in [0.5, 0.6) is 0 Å². The van der Waals surface area contributed by atoms with Crippen LogP contribution in [0.1, 0.15) is 23.6 Å². The largest absolute Gasteiger partial charge is 0.419 e. The molecule has 4 aromatic rings. The molecule has 0 saturated carbocycles. The Hall–Kier alpha value is -3.38. The molecule has 1 heterocycles. The Kier molecular flexibility index (Phi) is 5.91. The molecule has 0 unspecified atom stereocenters. The van der Waals surface area contributed by atoms with Gasteiger partial charge in [-0.2, -0.15) is 4.98 Å². The number of nitrogens with one attached hydrogen (secondary N) is 1. The summed E-state index contributed by atoms with van der Waals surface area (Å²) >= 11 is 0. The van der Waals surface area contributed by atoms with Crippen LogP contribution < -0.4 is 5.32 Å². The summed E-state index contributed by atoms with van der Waals surface area (Å²) < 4.78 is 32.8. The lowest BCUT2D eigenvalue weighted by Crippen LogP contribution is -2.07. The molecule has 158 valence electrons. The van der Waals surface area contributed by atoms with E-state index in [1.807, 2.05) is 80.6 Å². The molecule has 0 aliphatic carbocycles. The first-order chi connectivity index (χ1) is 15.0. The molecular formula is C25H24N2O3S. The summed E-state index contributed by atoms with van der Waals surface area (Å²) in [5, 5.41) is 3.02. The van der Waals surface area contributed by atoms with Crippen molar-refractivity contribution in [2.75, 3.05) is 5.32 Å². The molecule has 0 spiro atoms. The molecule has 0 radical (unpaired) electrons. The molecule has 0 saturated heterocycles. The average Bonchev–Trinajstić information content (AvgIpc) is 3.23. The van der Waals surface area contributed by atoms with Gasteiger partial charge in [0, 0.05) is 12.1 Å². The number of aromatic nitrogens is 1. The summed E-state index contributed by atoms with van der Waals surface area (Å²) in [6.45, 7) is 4.38. The van der Waals surface area contributed by atoms with Gasteiger partial charge in [0.05, 0.1) is 4.90 Å². The van der Waals surface area contributed by atoms with Crippen molar-refractivity contribution in [3.8, 4) is 11.5 Å². The fourth-order valence-corrected chi connectivity index (χ4v) is 4.60. The minimum atomic E-state index is -3.87. The smallest absolute Gasteiger partial charge is 0.234 e. The van der Waals surface area contributed by atoms with Gasteiger partial charge in [0.2, 0.25) is 26.6 Å². The van der Waals surface area contributed by atoms with Gasteiger partial charge in [-0.1, -0.05) is 67.6 Å². The van der Waals surface area contributed by atoms with Crippen molar-refractivity contribution < 1.29 is 12.8 Å². The van der Waals surface area contributed by atoms with Gasteiger partial charge in [-0.3, -0.25) is 0 Å². The predicted molar refractivity (Wildman–Crippen MR) is 122 cm³/mol. The molecule has 31 heavy (non-hydrogen) atoms. The highest BCUT2D eigenvalue weighted by Crippen LogP contribution is 2.33. The minimum absolute atomic E-state index is 0.106. The number of benzene rings is 3. The zero-order valence-electron chi connectivity index (χ0n) is 17.5. The maximum Gasteiger partial charge on any atom is 0.234 e. The average molecular weight is 433 g/mol. The normalized spacial score (nSPS) is 11.4. The van der Waals surface area contributed by atoms with Crippen LogP contribution in [0.25, 0.3) is 11.5 Å². The van der Waals surface area contributed by atoms with Crippen LogP contribution in [0.4, 0.5) is 5.88 Å². The summed E-state index contributed by atoms with van der Waals surface area (Å²) in [7, 11) is -3.87. The maximum absolute atomic E-state index is 13.4. The molecule has 4 rings (SSSR count). The lowest BCUT2D eigenvalue weighted by molar-refractivity contribution is 0.576. The van der Waals surface area contributed by atoms with Gasteiger partial charge >= 0.3 is 0 Å². The highest BCUT2D eigenvalue weighted by atomic mass is 32.2. The van der Waals surface area contributed by atoms with Crippen LogP contribution in [-0.4, -0.2) is 13.4 Å². The fraction of sp³-hybridized carbons (Fsp3) is 0.160. The monoisotopic (exact) mass is 432 g/mol. The summed E-state index contributed by atoms with van der Waals surface area (Å²) in [5.74, 6) is 0.416. The van der Waals surface area contributed by atoms with E-state index in [0.29, 0.717) is 6.54 Å². The molecule has 0 amide bonds. The van der Waals surface area contributed by atoms with Crippen molar-refractivity contribution in [1.29, 1.82) is 0 Å². The zero-order chi connectivity index (χ0) is 21.8. The highest BCUT2D eigenvalue weighted by Gasteiger charge is 2.28. The Balaban J connectivity index is 1.77. The third kappa shape index (κ3) is 4.39. The molecular weight excluding hydrogens is 408 g/mol. The fourth-order valence-electron chi connectivity index (χ4n) is 3.32. The first-order valence-corrected chi connectivity index (χ1v) is 11.7. The quantitative estimate of drug-likeness (QED) is 0.408. The topological polar surface area (TPSA) is 72.2 Å². The summed E-state index contributed by atoms with van der Waals surface area (Å²) in [4.78, 5) is 4.62. The Bertz CT molecular complexity index is 1280. The summed E-state index contributed by atoms with van der Waals surface area (Å²) in [6, 6.07) is 24.2. The van der Waals surface area contributed by atoms with Gasteiger partial charge in [0.25, 0.3) is 0 Å². The van der Waals surface area contributed by atoms with Crippen molar-refractivity contribution >= 4 is 15.7 Å². The number of sulfone groups is 1. The molecule has 5 nitrogen and oxygen atoms in total. The Morgan fingerprint density at radius 3 is 2.23 bits per heavy atom. The van der Waals surface area contributed by atoms with Crippen molar-refractivity contribution in [2.24, 2.45) is 0 Å². The number of nitrogens with zero attached hydrogens (tertiary/aromatic N) is 1. The molecule has 3 aromatic carbocycles. The van der Waals surface area contributed by atoms with Crippen molar-refractivity contribution in [2.45, 2.75) is 36.7 Å². The van der Waals surface area contributed by atoms with Crippen molar-refractivity contribution in [3.63, 3.8) is 0 Å². The molecule has 1 N–H and O–H groups in total. The lowest BCUT2D eigenvalue weighted by atomic mass is 10.1. The molecule has 0 aliphatic heterocycles. The number of hydrogen-bond donors (Lipinski definition) is 1. The van der Waals surface area contributed by atoms with Crippen LogP contribution >= 0.6 is 0 Å².